The van der Waals surface area contributed by atoms with Gasteiger partial charge in [0.2, 0.25) is 0 Å². The average molecular weight is 175 g/mol. The molecule has 1 rings (SSSR count). The van der Waals surface area contributed by atoms with Gasteiger partial charge in [0.1, 0.15) is 0 Å². The summed E-state index contributed by atoms with van der Waals surface area (Å²) in [6, 6.07) is 0. The zero-order chi connectivity index (χ0) is 7.56. The van der Waals surface area contributed by atoms with Gasteiger partial charge in [-0.2, -0.15) is 0 Å². The first kappa shape index (κ1) is 8.22. The maximum Gasteiger partial charge on any atom is 0.0718 e. The molecule has 1 aliphatic heterocycles. The molecule has 1 aliphatic rings. The Morgan fingerprint density at radius 2 is 2.30 bits per heavy atom. The van der Waals surface area contributed by atoms with Crippen molar-refractivity contribution in [3.8, 4) is 0 Å². The molecule has 1 unspecified atom stereocenters. The molecule has 0 bridgehead atoms. The van der Waals surface area contributed by atoms with Crippen LogP contribution in [0, 0.1) is 0 Å². The predicted octanol–water partition coefficient (Wildman–Crippen LogP) is 3.54. The first-order chi connectivity index (χ1) is 4.72. The van der Waals surface area contributed by atoms with E-state index in [0.29, 0.717) is 0 Å². The van der Waals surface area contributed by atoms with Crippen molar-refractivity contribution < 1.29 is 0 Å². The number of alkyl halides is 1. The lowest BCUT2D eigenvalue weighted by Crippen LogP contribution is -1.95. The highest BCUT2D eigenvalue weighted by Gasteiger charge is 2.07. The molecule has 0 amide bonds. The lowest BCUT2D eigenvalue weighted by atomic mass is 10.3. The van der Waals surface area contributed by atoms with E-state index in [1.165, 1.54) is 9.81 Å². The molecule has 0 aliphatic carbocycles. The minimum Gasteiger partial charge on any atom is -0.114 e. The maximum absolute atomic E-state index is 5.92. The van der Waals surface area contributed by atoms with Gasteiger partial charge in [0.15, 0.2) is 0 Å². The average Bonchev–Trinajstić information content (AvgIpc) is 1.85. The van der Waals surface area contributed by atoms with Crippen molar-refractivity contribution in [3.63, 3.8) is 0 Å². The molecule has 0 aromatic carbocycles. The minimum atomic E-state index is 0.121. The van der Waals surface area contributed by atoms with E-state index < -0.39 is 0 Å². The van der Waals surface area contributed by atoms with Crippen molar-refractivity contribution in [2.75, 3.05) is 0 Å². The summed E-state index contributed by atoms with van der Waals surface area (Å²) in [4.78, 5) is 2.71. The second kappa shape index (κ2) is 3.49. The van der Waals surface area contributed by atoms with Crippen LogP contribution in [-0.4, -0.2) is 5.38 Å². The normalized spacial score (nSPS) is 25.7. The molecule has 0 aromatic rings. The van der Waals surface area contributed by atoms with Crippen LogP contribution in [0.3, 0.4) is 0 Å². The standard InChI is InChI=1S/C8H11ClS/c1-3-8-5-7(9)4-6(2)10-8/h4-5,7H,3H2,1-2H3. The van der Waals surface area contributed by atoms with Crippen molar-refractivity contribution in [1.29, 1.82) is 0 Å². The van der Waals surface area contributed by atoms with Crippen LogP contribution in [0.25, 0.3) is 0 Å². The Morgan fingerprint density at radius 1 is 1.60 bits per heavy atom. The molecule has 1 atom stereocenters. The van der Waals surface area contributed by atoms with Gasteiger partial charge in [-0.25, -0.2) is 0 Å². The Hall–Kier alpha value is 0.120. The highest BCUT2D eigenvalue weighted by atomic mass is 35.5. The molecule has 0 saturated heterocycles. The Morgan fingerprint density at radius 3 is 2.80 bits per heavy atom. The van der Waals surface area contributed by atoms with E-state index >= 15 is 0 Å². The van der Waals surface area contributed by atoms with Crippen molar-refractivity contribution in [2.24, 2.45) is 0 Å². The summed E-state index contributed by atoms with van der Waals surface area (Å²) in [5.41, 5.74) is 0. The predicted molar refractivity (Wildman–Crippen MR) is 49.4 cm³/mol. The quantitative estimate of drug-likeness (QED) is 0.548. The first-order valence-electron chi connectivity index (χ1n) is 3.43. The van der Waals surface area contributed by atoms with E-state index in [9.17, 15) is 0 Å². The molecule has 0 aromatic heterocycles. The van der Waals surface area contributed by atoms with Crippen molar-refractivity contribution in [3.05, 3.63) is 22.0 Å². The second-order valence-electron chi connectivity index (χ2n) is 2.31. The van der Waals surface area contributed by atoms with Crippen molar-refractivity contribution in [2.45, 2.75) is 25.6 Å². The lowest BCUT2D eigenvalue weighted by Gasteiger charge is -2.12. The molecular formula is C8H11ClS. The first-order valence-corrected chi connectivity index (χ1v) is 4.68. The number of hydrogen-bond donors (Lipinski definition) is 0. The molecule has 10 heavy (non-hydrogen) atoms. The lowest BCUT2D eigenvalue weighted by molar-refractivity contribution is 1.17. The third-order valence-electron chi connectivity index (χ3n) is 1.38. The number of halogens is 1. The zero-order valence-electron chi connectivity index (χ0n) is 6.23. The van der Waals surface area contributed by atoms with Gasteiger partial charge in [-0.15, -0.1) is 11.6 Å². The second-order valence-corrected chi connectivity index (χ2v) is 4.19. The van der Waals surface area contributed by atoms with Crippen molar-refractivity contribution in [1.82, 2.24) is 0 Å². The van der Waals surface area contributed by atoms with Gasteiger partial charge < -0.3 is 0 Å². The highest BCUT2D eigenvalue weighted by Crippen LogP contribution is 2.33. The zero-order valence-corrected chi connectivity index (χ0v) is 7.80. The summed E-state index contributed by atoms with van der Waals surface area (Å²) >= 11 is 7.75. The molecule has 0 fully saturated rings. The van der Waals surface area contributed by atoms with Crippen LogP contribution in [-0.2, 0) is 0 Å². The summed E-state index contributed by atoms with van der Waals surface area (Å²) in [5, 5.41) is 0.121. The number of allylic oxidation sites excluding steroid dienone is 4. The van der Waals surface area contributed by atoms with E-state index in [2.05, 4.69) is 26.0 Å². The molecule has 1 heterocycles. The van der Waals surface area contributed by atoms with Gasteiger partial charge in [-0.1, -0.05) is 30.8 Å². The van der Waals surface area contributed by atoms with Gasteiger partial charge in [0, 0.05) is 0 Å². The van der Waals surface area contributed by atoms with Gasteiger partial charge in [0.05, 0.1) is 5.38 Å². The van der Waals surface area contributed by atoms with Crippen LogP contribution in [0.2, 0.25) is 0 Å². The van der Waals surface area contributed by atoms with Gasteiger partial charge in [-0.3, -0.25) is 0 Å². The smallest absolute Gasteiger partial charge is 0.0718 e. The number of thioether (sulfide) groups is 1. The number of hydrogen-bond acceptors (Lipinski definition) is 1. The third-order valence-corrected chi connectivity index (χ3v) is 2.78. The molecule has 2 heteroatoms. The van der Waals surface area contributed by atoms with Gasteiger partial charge in [0.25, 0.3) is 0 Å². The van der Waals surface area contributed by atoms with E-state index in [0.717, 1.165) is 6.42 Å². The van der Waals surface area contributed by atoms with Crippen LogP contribution in [0.5, 0.6) is 0 Å². The molecular weight excluding hydrogens is 164 g/mol. The van der Waals surface area contributed by atoms with Crippen LogP contribution in [0.1, 0.15) is 20.3 Å². The highest BCUT2D eigenvalue weighted by molar-refractivity contribution is 8.06. The fourth-order valence-electron chi connectivity index (χ4n) is 0.915. The van der Waals surface area contributed by atoms with E-state index in [1.807, 2.05) is 11.8 Å². The summed E-state index contributed by atoms with van der Waals surface area (Å²) in [6.07, 6.45) is 5.28. The summed E-state index contributed by atoms with van der Waals surface area (Å²) in [6.45, 7) is 4.25. The summed E-state index contributed by atoms with van der Waals surface area (Å²) in [5.74, 6) is 0. The minimum absolute atomic E-state index is 0.121. The Balaban J connectivity index is 2.65. The SMILES string of the molecule is CCC1=CC(Cl)C=C(C)S1. The van der Waals surface area contributed by atoms with E-state index in [1.54, 1.807) is 0 Å². The maximum atomic E-state index is 5.92. The van der Waals surface area contributed by atoms with E-state index in [-0.39, 0.29) is 5.38 Å². The van der Waals surface area contributed by atoms with Crippen LogP contribution >= 0.6 is 23.4 Å². The Kier molecular flexibility index (Phi) is 2.87. The molecule has 0 saturated carbocycles. The van der Waals surface area contributed by atoms with Crippen LogP contribution < -0.4 is 0 Å². The van der Waals surface area contributed by atoms with Crippen LogP contribution in [0.4, 0.5) is 0 Å². The molecule has 0 spiro atoms. The van der Waals surface area contributed by atoms with Gasteiger partial charge >= 0.3 is 0 Å². The monoisotopic (exact) mass is 174 g/mol. The fourth-order valence-corrected chi connectivity index (χ4v) is 2.39. The van der Waals surface area contributed by atoms with E-state index in [4.69, 9.17) is 11.6 Å². The van der Waals surface area contributed by atoms with Gasteiger partial charge in [-0.05, 0) is 23.2 Å². The molecule has 0 radical (unpaired) electrons. The fraction of sp³-hybridized carbons (Fsp3) is 0.500. The Labute approximate surface area is 71.3 Å². The molecule has 0 N–H and O–H groups in total. The number of rotatable bonds is 1. The summed E-state index contributed by atoms with van der Waals surface area (Å²) < 4.78 is 0. The molecule has 56 valence electrons. The van der Waals surface area contributed by atoms with Crippen LogP contribution in [0.15, 0.2) is 22.0 Å². The topological polar surface area (TPSA) is 0 Å². The summed E-state index contributed by atoms with van der Waals surface area (Å²) in [7, 11) is 0. The van der Waals surface area contributed by atoms with Crippen molar-refractivity contribution >= 4 is 23.4 Å². The largest absolute Gasteiger partial charge is 0.114 e. The third kappa shape index (κ3) is 2.06. The Bertz CT molecular complexity index is 182. The molecule has 0 nitrogen and oxygen atoms in total.